The molecule has 0 unspecified atom stereocenters. The van der Waals surface area contributed by atoms with Gasteiger partial charge in [0, 0.05) is 24.3 Å². The lowest BCUT2D eigenvalue weighted by Crippen LogP contribution is -2.25. The number of nitrogens with zero attached hydrogens (tertiary/aromatic N) is 1. The van der Waals surface area contributed by atoms with Gasteiger partial charge in [0.2, 0.25) is 0 Å². The van der Waals surface area contributed by atoms with Crippen LogP contribution in [0.25, 0.3) is 0 Å². The molecule has 4 nitrogen and oxygen atoms in total. The van der Waals surface area contributed by atoms with Crippen LogP contribution in [0.1, 0.15) is 63.0 Å². The van der Waals surface area contributed by atoms with E-state index in [4.69, 9.17) is 0 Å². The van der Waals surface area contributed by atoms with E-state index in [1.165, 1.54) is 0 Å². The van der Waals surface area contributed by atoms with Crippen LogP contribution in [0.3, 0.4) is 0 Å². The summed E-state index contributed by atoms with van der Waals surface area (Å²) in [6.45, 7) is 10.1. The molecular formula is C17H29N3O. The van der Waals surface area contributed by atoms with Crippen LogP contribution in [0.4, 0.5) is 5.82 Å². The third-order valence-corrected chi connectivity index (χ3v) is 3.25. The lowest BCUT2D eigenvalue weighted by atomic mass is 10.1. The molecule has 0 fully saturated rings. The van der Waals surface area contributed by atoms with Gasteiger partial charge < -0.3 is 10.6 Å². The van der Waals surface area contributed by atoms with Gasteiger partial charge in [-0.15, -0.1) is 0 Å². The third-order valence-electron chi connectivity index (χ3n) is 3.25. The van der Waals surface area contributed by atoms with Crippen LogP contribution in [0.15, 0.2) is 12.1 Å². The molecule has 1 rings (SSSR count). The summed E-state index contributed by atoms with van der Waals surface area (Å²) < 4.78 is 0. The number of hydrogen-bond donors (Lipinski definition) is 2. The van der Waals surface area contributed by atoms with Gasteiger partial charge in [0.15, 0.2) is 0 Å². The molecule has 1 aromatic heterocycles. The van der Waals surface area contributed by atoms with Crippen LogP contribution in [-0.2, 0) is 6.42 Å². The fourth-order valence-electron chi connectivity index (χ4n) is 2.19. The zero-order chi connectivity index (χ0) is 15.7. The predicted octanol–water partition coefficient (Wildman–Crippen LogP) is 3.63. The van der Waals surface area contributed by atoms with Gasteiger partial charge in [0.05, 0.1) is 0 Å². The number of amides is 1. The highest BCUT2D eigenvalue weighted by Gasteiger charge is 2.09. The number of aryl methyl sites for hydroxylation is 1. The van der Waals surface area contributed by atoms with Crippen molar-refractivity contribution < 1.29 is 4.79 Å². The molecule has 2 N–H and O–H groups in total. The maximum atomic E-state index is 12.2. The summed E-state index contributed by atoms with van der Waals surface area (Å²) in [5.41, 5.74) is 1.68. The molecule has 1 heterocycles. The second kappa shape index (κ2) is 9.37. The molecule has 0 saturated heterocycles. The Morgan fingerprint density at radius 2 is 2.05 bits per heavy atom. The normalized spacial score (nSPS) is 10.7. The van der Waals surface area contributed by atoms with Gasteiger partial charge in [0.25, 0.3) is 5.91 Å². The minimum absolute atomic E-state index is 0.00216. The highest BCUT2D eigenvalue weighted by molar-refractivity contribution is 5.95. The largest absolute Gasteiger partial charge is 0.370 e. The number of pyridine rings is 1. The maximum absolute atomic E-state index is 12.2. The minimum Gasteiger partial charge on any atom is -0.370 e. The van der Waals surface area contributed by atoms with Crippen molar-refractivity contribution in [3.8, 4) is 0 Å². The first kappa shape index (κ1) is 17.5. The number of hydrogen-bond acceptors (Lipinski definition) is 3. The first-order valence-corrected chi connectivity index (χ1v) is 8.09. The SMILES string of the molecule is CCCc1cc(C(=O)NCCCC(C)C)cc(NCC)n1. The molecule has 0 spiro atoms. The molecule has 4 heteroatoms. The van der Waals surface area contributed by atoms with E-state index in [9.17, 15) is 4.79 Å². The average Bonchev–Trinajstić information content (AvgIpc) is 2.43. The van der Waals surface area contributed by atoms with Crippen LogP contribution >= 0.6 is 0 Å². The monoisotopic (exact) mass is 291 g/mol. The van der Waals surface area contributed by atoms with Gasteiger partial charge in [-0.05, 0) is 44.2 Å². The lowest BCUT2D eigenvalue weighted by molar-refractivity contribution is 0.0952. The average molecular weight is 291 g/mol. The Balaban J connectivity index is 2.68. The van der Waals surface area contributed by atoms with E-state index in [1.54, 1.807) is 0 Å². The highest BCUT2D eigenvalue weighted by atomic mass is 16.1. The molecule has 0 saturated carbocycles. The van der Waals surface area contributed by atoms with Crippen molar-refractivity contribution in [2.75, 3.05) is 18.4 Å². The van der Waals surface area contributed by atoms with Crippen molar-refractivity contribution in [2.45, 2.75) is 53.4 Å². The third kappa shape index (κ3) is 6.61. The standard InChI is InChI=1S/C17H29N3O/c1-5-8-15-11-14(12-16(20-15)18-6-2)17(21)19-10-7-9-13(3)4/h11-13H,5-10H2,1-4H3,(H,18,20)(H,19,21). The molecular weight excluding hydrogens is 262 g/mol. The Morgan fingerprint density at radius 1 is 1.29 bits per heavy atom. The highest BCUT2D eigenvalue weighted by Crippen LogP contribution is 2.12. The molecule has 0 atom stereocenters. The minimum atomic E-state index is -0.00216. The van der Waals surface area contributed by atoms with E-state index in [2.05, 4.69) is 36.4 Å². The van der Waals surface area contributed by atoms with Crippen LogP contribution in [0, 0.1) is 5.92 Å². The number of carbonyl (C=O) groups is 1. The molecule has 0 aliphatic rings. The molecule has 1 aromatic rings. The number of aromatic nitrogens is 1. The van der Waals surface area contributed by atoms with Crippen molar-refractivity contribution in [1.82, 2.24) is 10.3 Å². The first-order chi connectivity index (χ1) is 10.1. The number of carbonyl (C=O) groups excluding carboxylic acids is 1. The van der Waals surface area contributed by atoms with E-state index in [1.807, 2.05) is 19.1 Å². The second-order valence-electron chi connectivity index (χ2n) is 5.80. The zero-order valence-electron chi connectivity index (χ0n) is 13.8. The van der Waals surface area contributed by atoms with Gasteiger partial charge in [-0.1, -0.05) is 27.2 Å². The van der Waals surface area contributed by atoms with E-state index in [-0.39, 0.29) is 5.91 Å². The molecule has 1 amide bonds. The Hall–Kier alpha value is -1.58. The van der Waals surface area contributed by atoms with Crippen molar-refractivity contribution in [1.29, 1.82) is 0 Å². The number of nitrogens with one attached hydrogen (secondary N) is 2. The molecule has 0 aliphatic heterocycles. The van der Waals surface area contributed by atoms with E-state index in [0.29, 0.717) is 11.5 Å². The summed E-state index contributed by atoms with van der Waals surface area (Å²) in [5, 5.41) is 6.19. The van der Waals surface area contributed by atoms with Gasteiger partial charge in [-0.25, -0.2) is 4.98 Å². The topological polar surface area (TPSA) is 54.0 Å². The fraction of sp³-hybridized carbons (Fsp3) is 0.647. The fourth-order valence-corrected chi connectivity index (χ4v) is 2.19. The second-order valence-corrected chi connectivity index (χ2v) is 5.80. The smallest absolute Gasteiger partial charge is 0.251 e. The van der Waals surface area contributed by atoms with Gasteiger partial charge in [-0.3, -0.25) is 4.79 Å². The predicted molar refractivity (Wildman–Crippen MR) is 88.8 cm³/mol. The van der Waals surface area contributed by atoms with Gasteiger partial charge >= 0.3 is 0 Å². The maximum Gasteiger partial charge on any atom is 0.251 e. The summed E-state index contributed by atoms with van der Waals surface area (Å²) in [7, 11) is 0. The van der Waals surface area contributed by atoms with Crippen molar-refractivity contribution in [3.05, 3.63) is 23.4 Å². The Labute approximate surface area is 128 Å². The van der Waals surface area contributed by atoms with Gasteiger partial charge in [0.1, 0.15) is 5.82 Å². The van der Waals surface area contributed by atoms with Crippen molar-refractivity contribution in [2.24, 2.45) is 5.92 Å². The summed E-state index contributed by atoms with van der Waals surface area (Å²) in [6.07, 6.45) is 4.08. The summed E-state index contributed by atoms with van der Waals surface area (Å²) in [5.74, 6) is 1.47. The molecule has 0 aromatic carbocycles. The Bertz CT molecular complexity index is 419. The quantitative estimate of drug-likeness (QED) is 0.683. The molecule has 21 heavy (non-hydrogen) atoms. The van der Waals surface area contributed by atoms with Crippen molar-refractivity contribution >= 4 is 11.7 Å². The van der Waals surface area contributed by atoms with Crippen LogP contribution in [0.5, 0.6) is 0 Å². The van der Waals surface area contributed by atoms with E-state index < -0.39 is 0 Å². The number of anilines is 1. The Morgan fingerprint density at radius 3 is 2.67 bits per heavy atom. The summed E-state index contributed by atoms with van der Waals surface area (Å²) in [6, 6.07) is 3.74. The summed E-state index contributed by atoms with van der Waals surface area (Å²) in [4.78, 5) is 16.8. The van der Waals surface area contributed by atoms with Crippen LogP contribution in [0.2, 0.25) is 0 Å². The zero-order valence-corrected chi connectivity index (χ0v) is 13.8. The van der Waals surface area contributed by atoms with Gasteiger partial charge in [-0.2, -0.15) is 0 Å². The molecule has 0 bridgehead atoms. The Kier molecular flexibility index (Phi) is 7.80. The number of rotatable bonds is 9. The van der Waals surface area contributed by atoms with Crippen LogP contribution < -0.4 is 10.6 Å². The van der Waals surface area contributed by atoms with E-state index >= 15 is 0 Å². The molecule has 118 valence electrons. The summed E-state index contributed by atoms with van der Waals surface area (Å²) >= 11 is 0. The van der Waals surface area contributed by atoms with Crippen molar-refractivity contribution in [3.63, 3.8) is 0 Å². The molecule has 0 aliphatic carbocycles. The van der Waals surface area contributed by atoms with E-state index in [0.717, 1.165) is 50.3 Å². The van der Waals surface area contributed by atoms with Crippen LogP contribution in [-0.4, -0.2) is 24.0 Å². The first-order valence-electron chi connectivity index (χ1n) is 8.09. The molecule has 0 radical (unpaired) electrons. The lowest BCUT2D eigenvalue weighted by Gasteiger charge is -2.10.